The lowest BCUT2D eigenvalue weighted by molar-refractivity contribution is 0.0696. The van der Waals surface area contributed by atoms with Gasteiger partial charge in [-0.05, 0) is 17.7 Å². The monoisotopic (exact) mass is 328 g/mol. The van der Waals surface area contributed by atoms with Gasteiger partial charge >= 0.3 is 5.97 Å². The molecule has 2 aromatic rings. The van der Waals surface area contributed by atoms with Crippen LogP contribution in [0.25, 0.3) is 0 Å². The second-order valence-electron chi connectivity index (χ2n) is 4.32. The van der Waals surface area contributed by atoms with Crippen molar-refractivity contribution in [3.63, 3.8) is 0 Å². The minimum atomic E-state index is -3.87. The van der Waals surface area contributed by atoms with E-state index in [0.717, 1.165) is 12.1 Å². The molecule has 0 radical (unpaired) electrons. The number of carboxylic acid groups (broad SMARTS) is 1. The van der Waals surface area contributed by atoms with Gasteiger partial charge < -0.3 is 5.11 Å². The lowest BCUT2D eigenvalue weighted by Gasteiger charge is -2.08. The number of hydrogen-bond donors (Lipinski definition) is 1. The Kier molecular flexibility index (Phi) is 4.29. The average Bonchev–Trinajstić information content (AvgIpc) is 2.41. The first-order valence-corrected chi connectivity index (χ1v) is 7.83. The van der Waals surface area contributed by atoms with Crippen molar-refractivity contribution in [1.82, 2.24) is 0 Å². The summed E-state index contributed by atoms with van der Waals surface area (Å²) >= 11 is 5.52. The van der Waals surface area contributed by atoms with Crippen LogP contribution in [0.2, 0.25) is 5.02 Å². The predicted octanol–water partition coefficient (Wildman–Crippen LogP) is 3.15. The second-order valence-corrected chi connectivity index (χ2v) is 6.68. The highest BCUT2D eigenvalue weighted by atomic mass is 35.5. The molecule has 0 amide bonds. The Balaban J connectivity index is 2.48. The number of halogens is 2. The molecular formula is C14H10ClFO4S. The fourth-order valence-corrected chi connectivity index (χ4v) is 3.34. The van der Waals surface area contributed by atoms with Crippen molar-refractivity contribution in [2.24, 2.45) is 0 Å². The molecule has 2 aromatic carbocycles. The third-order valence-corrected chi connectivity index (χ3v) is 4.84. The number of carboxylic acids is 1. The fraction of sp³-hybridized carbons (Fsp3) is 0.0714. The SMILES string of the molecule is O=C(O)c1cc(S(=O)(=O)Cc2ccccc2)cc(F)c1Cl. The Bertz CT molecular complexity index is 788. The third kappa shape index (κ3) is 3.40. The highest BCUT2D eigenvalue weighted by molar-refractivity contribution is 7.90. The Morgan fingerprint density at radius 2 is 1.81 bits per heavy atom. The molecule has 0 saturated heterocycles. The molecule has 4 nitrogen and oxygen atoms in total. The number of rotatable bonds is 4. The molecule has 0 spiro atoms. The van der Waals surface area contributed by atoms with E-state index in [4.69, 9.17) is 16.7 Å². The molecule has 0 bridgehead atoms. The van der Waals surface area contributed by atoms with Crippen molar-refractivity contribution in [2.45, 2.75) is 10.6 Å². The van der Waals surface area contributed by atoms with Gasteiger partial charge in [0.25, 0.3) is 0 Å². The van der Waals surface area contributed by atoms with Crippen molar-refractivity contribution in [3.05, 3.63) is 64.4 Å². The summed E-state index contributed by atoms with van der Waals surface area (Å²) in [4.78, 5) is 10.6. The molecule has 0 aliphatic rings. The lowest BCUT2D eigenvalue weighted by Crippen LogP contribution is -2.08. The van der Waals surface area contributed by atoms with Crippen LogP contribution in [0.5, 0.6) is 0 Å². The first kappa shape index (κ1) is 15.5. The number of hydrogen-bond acceptors (Lipinski definition) is 3. The maximum Gasteiger partial charge on any atom is 0.337 e. The van der Waals surface area contributed by atoms with Gasteiger partial charge in [-0.1, -0.05) is 41.9 Å². The van der Waals surface area contributed by atoms with Crippen LogP contribution in [0.4, 0.5) is 4.39 Å². The van der Waals surface area contributed by atoms with E-state index < -0.39 is 37.1 Å². The Hall–Kier alpha value is -1.92. The fourth-order valence-electron chi connectivity index (χ4n) is 1.78. The van der Waals surface area contributed by atoms with Gasteiger partial charge in [-0.3, -0.25) is 0 Å². The summed E-state index contributed by atoms with van der Waals surface area (Å²) in [6, 6.07) is 9.91. The smallest absolute Gasteiger partial charge is 0.337 e. The lowest BCUT2D eigenvalue weighted by atomic mass is 10.2. The summed E-state index contributed by atoms with van der Waals surface area (Å²) < 4.78 is 38.1. The average molecular weight is 329 g/mol. The summed E-state index contributed by atoms with van der Waals surface area (Å²) in [5.74, 6) is -2.92. The molecule has 0 saturated carbocycles. The number of benzene rings is 2. The molecule has 0 aliphatic carbocycles. The van der Waals surface area contributed by atoms with E-state index in [1.807, 2.05) is 0 Å². The van der Waals surface area contributed by atoms with Gasteiger partial charge in [0.15, 0.2) is 9.84 Å². The Morgan fingerprint density at radius 3 is 2.38 bits per heavy atom. The summed E-state index contributed by atoms with van der Waals surface area (Å²) in [6.45, 7) is 0. The molecule has 0 fully saturated rings. The zero-order valence-electron chi connectivity index (χ0n) is 10.6. The summed E-state index contributed by atoms with van der Waals surface area (Å²) in [5, 5.41) is 8.31. The molecule has 0 aliphatic heterocycles. The molecular weight excluding hydrogens is 319 g/mol. The largest absolute Gasteiger partial charge is 0.478 e. The maximum atomic E-state index is 13.6. The molecule has 0 aromatic heterocycles. The van der Waals surface area contributed by atoms with E-state index in [0.29, 0.717) is 5.56 Å². The van der Waals surface area contributed by atoms with E-state index in [1.165, 1.54) is 0 Å². The predicted molar refractivity (Wildman–Crippen MR) is 75.7 cm³/mol. The van der Waals surface area contributed by atoms with E-state index in [9.17, 15) is 17.6 Å². The van der Waals surface area contributed by atoms with Gasteiger partial charge in [0.05, 0.1) is 21.2 Å². The standard InChI is InChI=1S/C14H10ClFO4S/c15-13-11(14(17)18)6-10(7-12(13)16)21(19,20)8-9-4-2-1-3-5-9/h1-7H,8H2,(H,17,18). The number of sulfone groups is 1. The van der Waals surface area contributed by atoms with Crippen LogP contribution in [0.15, 0.2) is 47.4 Å². The Morgan fingerprint density at radius 1 is 1.19 bits per heavy atom. The Labute approximate surface area is 125 Å². The molecule has 1 N–H and O–H groups in total. The zero-order chi connectivity index (χ0) is 15.6. The van der Waals surface area contributed by atoms with Gasteiger partial charge in [0.1, 0.15) is 5.82 Å². The van der Waals surface area contributed by atoms with Crippen molar-refractivity contribution < 1.29 is 22.7 Å². The molecule has 21 heavy (non-hydrogen) atoms. The number of aromatic carboxylic acids is 1. The van der Waals surface area contributed by atoms with E-state index in [1.54, 1.807) is 30.3 Å². The van der Waals surface area contributed by atoms with E-state index in [2.05, 4.69) is 0 Å². The first-order chi connectivity index (χ1) is 9.81. The quantitative estimate of drug-likeness (QED) is 0.935. The van der Waals surface area contributed by atoms with Crippen molar-refractivity contribution >= 4 is 27.4 Å². The topological polar surface area (TPSA) is 71.4 Å². The molecule has 0 heterocycles. The molecule has 0 atom stereocenters. The first-order valence-electron chi connectivity index (χ1n) is 5.80. The summed E-state index contributed by atoms with van der Waals surface area (Å²) in [5.41, 5.74) is -0.0620. The van der Waals surface area contributed by atoms with Gasteiger partial charge in [-0.2, -0.15) is 0 Å². The van der Waals surface area contributed by atoms with Gasteiger partial charge in [0, 0.05) is 0 Å². The molecule has 7 heteroatoms. The normalized spacial score (nSPS) is 11.3. The van der Waals surface area contributed by atoms with Crippen LogP contribution in [-0.2, 0) is 15.6 Å². The van der Waals surface area contributed by atoms with Crippen molar-refractivity contribution in [1.29, 1.82) is 0 Å². The summed E-state index contributed by atoms with van der Waals surface area (Å²) in [7, 11) is -3.87. The van der Waals surface area contributed by atoms with Crippen LogP contribution in [0.3, 0.4) is 0 Å². The second kappa shape index (κ2) is 5.83. The zero-order valence-corrected chi connectivity index (χ0v) is 12.2. The third-order valence-electron chi connectivity index (χ3n) is 2.79. The minimum Gasteiger partial charge on any atom is -0.478 e. The van der Waals surface area contributed by atoms with Gasteiger partial charge in [0.2, 0.25) is 0 Å². The molecule has 110 valence electrons. The summed E-state index contributed by atoms with van der Waals surface area (Å²) in [6.07, 6.45) is 0. The minimum absolute atomic E-state index is 0.353. The van der Waals surface area contributed by atoms with Crippen LogP contribution in [0, 0.1) is 5.82 Å². The van der Waals surface area contributed by atoms with E-state index >= 15 is 0 Å². The van der Waals surface area contributed by atoms with Gasteiger partial charge in [-0.15, -0.1) is 0 Å². The maximum absolute atomic E-state index is 13.6. The van der Waals surface area contributed by atoms with E-state index in [-0.39, 0.29) is 5.75 Å². The van der Waals surface area contributed by atoms with Crippen LogP contribution >= 0.6 is 11.6 Å². The van der Waals surface area contributed by atoms with Crippen molar-refractivity contribution in [2.75, 3.05) is 0 Å². The number of carbonyl (C=O) groups is 1. The van der Waals surface area contributed by atoms with Crippen LogP contribution in [0.1, 0.15) is 15.9 Å². The van der Waals surface area contributed by atoms with Gasteiger partial charge in [-0.25, -0.2) is 17.6 Å². The highest BCUT2D eigenvalue weighted by Crippen LogP contribution is 2.26. The van der Waals surface area contributed by atoms with Crippen LogP contribution < -0.4 is 0 Å². The molecule has 2 rings (SSSR count). The highest BCUT2D eigenvalue weighted by Gasteiger charge is 2.22. The molecule has 0 unspecified atom stereocenters. The van der Waals surface area contributed by atoms with Crippen molar-refractivity contribution in [3.8, 4) is 0 Å². The van der Waals surface area contributed by atoms with Crippen LogP contribution in [-0.4, -0.2) is 19.5 Å².